The van der Waals surface area contributed by atoms with Gasteiger partial charge in [0.25, 0.3) is 5.91 Å². The second-order valence-electron chi connectivity index (χ2n) is 3.81. The fourth-order valence-electron chi connectivity index (χ4n) is 1.25. The van der Waals surface area contributed by atoms with Gasteiger partial charge in [-0.05, 0) is 24.3 Å². The lowest BCUT2D eigenvalue weighted by Crippen LogP contribution is -2.36. The van der Waals surface area contributed by atoms with Gasteiger partial charge in [-0.2, -0.15) is 0 Å². The molecule has 6 N–H and O–H groups in total. The van der Waals surface area contributed by atoms with Gasteiger partial charge >= 0.3 is 0 Å². The second-order valence-corrected chi connectivity index (χ2v) is 3.81. The molecular weight excluding hydrogens is 264 g/mol. The summed E-state index contributed by atoms with van der Waals surface area (Å²) in [6.07, 6.45) is 0. The molecular formula is C12H16N4O4. The highest BCUT2D eigenvalue weighted by atomic mass is 16.5. The summed E-state index contributed by atoms with van der Waals surface area (Å²) in [6, 6.07) is 6.35. The van der Waals surface area contributed by atoms with Gasteiger partial charge in [-0.3, -0.25) is 14.4 Å². The van der Waals surface area contributed by atoms with Crippen molar-refractivity contribution in [2.45, 2.75) is 0 Å². The van der Waals surface area contributed by atoms with E-state index in [4.69, 9.17) is 16.2 Å². The van der Waals surface area contributed by atoms with Crippen LogP contribution in [0.15, 0.2) is 24.3 Å². The Labute approximate surface area is 115 Å². The molecule has 0 saturated heterocycles. The van der Waals surface area contributed by atoms with Crippen LogP contribution in [0.4, 0.5) is 5.69 Å². The number of carbonyl (C=O) groups is 3. The van der Waals surface area contributed by atoms with E-state index in [1.165, 1.54) is 0 Å². The second kappa shape index (κ2) is 7.74. The number of anilines is 1. The first-order valence-corrected chi connectivity index (χ1v) is 5.79. The molecule has 0 fully saturated rings. The maximum absolute atomic E-state index is 11.5. The molecule has 3 amide bonds. The number of primary amides is 1. The fourth-order valence-corrected chi connectivity index (χ4v) is 1.25. The van der Waals surface area contributed by atoms with E-state index < -0.39 is 11.8 Å². The van der Waals surface area contributed by atoms with Gasteiger partial charge < -0.3 is 26.8 Å². The fraction of sp³-hybridized carbons (Fsp3) is 0.250. The molecule has 0 atom stereocenters. The summed E-state index contributed by atoms with van der Waals surface area (Å²) in [4.78, 5) is 32.9. The third-order valence-corrected chi connectivity index (χ3v) is 2.15. The predicted molar refractivity (Wildman–Crippen MR) is 71.8 cm³/mol. The Hall–Kier alpha value is -2.61. The number of rotatable bonds is 7. The predicted octanol–water partition coefficient (Wildman–Crippen LogP) is -1.44. The van der Waals surface area contributed by atoms with Crippen LogP contribution >= 0.6 is 0 Å². The smallest absolute Gasteiger partial charge is 0.255 e. The molecule has 20 heavy (non-hydrogen) atoms. The maximum Gasteiger partial charge on any atom is 0.255 e. The van der Waals surface area contributed by atoms with Crippen LogP contribution in [0.3, 0.4) is 0 Å². The lowest BCUT2D eigenvalue weighted by Gasteiger charge is -2.07. The molecule has 0 radical (unpaired) electrons. The van der Waals surface area contributed by atoms with E-state index in [1.54, 1.807) is 24.3 Å². The number of hydrogen-bond donors (Lipinski definition) is 4. The van der Waals surface area contributed by atoms with Crippen molar-refractivity contribution >= 4 is 23.4 Å². The largest absolute Gasteiger partial charge is 0.484 e. The van der Waals surface area contributed by atoms with Crippen molar-refractivity contribution in [1.29, 1.82) is 0 Å². The van der Waals surface area contributed by atoms with Crippen molar-refractivity contribution in [3.05, 3.63) is 24.3 Å². The van der Waals surface area contributed by atoms with E-state index in [1.807, 2.05) is 0 Å². The summed E-state index contributed by atoms with van der Waals surface area (Å²) < 4.78 is 5.06. The van der Waals surface area contributed by atoms with Gasteiger partial charge in [0.1, 0.15) is 5.75 Å². The topological polar surface area (TPSA) is 137 Å². The Balaban J connectivity index is 2.42. The summed E-state index contributed by atoms with van der Waals surface area (Å²) in [7, 11) is 0. The van der Waals surface area contributed by atoms with E-state index in [-0.39, 0.29) is 25.6 Å². The van der Waals surface area contributed by atoms with E-state index in [0.717, 1.165) is 0 Å². The van der Waals surface area contributed by atoms with Crippen molar-refractivity contribution in [3.8, 4) is 5.75 Å². The Kier molecular flexibility index (Phi) is 5.98. The number of benzene rings is 1. The van der Waals surface area contributed by atoms with Gasteiger partial charge in [-0.15, -0.1) is 0 Å². The first kappa shape index (κ1) is 15.4. The van der Waals surface area contributed by atoms with Gasteiger partial charge in [0.2, 0.25) is 11.8 Å². The summed E-state index contributed by atoms with van der Waals surface area (Å²) in [5, 5.41) is 4.92. The SMILES string of the molecule is NCC(=O)NCC(=O)Nc1ccc(OCC(N)=O)cc1. The molecule has 0 aliphatic heterocycles. The zero-order chi connectivity index (χ0) is 15.0. The quantitative estimate of drug-likeness (QED) is 0.485. The molecule has 0 bridgehead atoms. The van der Waals surface area contributed by atoms with Gasteiger partial charge in [-0.25, -0.2) is 0 Å². The van der Waals surface area contributed by atoms with Crippen molar-refractivity contribution in [2.75, 3.05) is 25.0 Å². The maximum atomic E-state index is 11.5. The Morgan fingerprint density at radius 3 is 2.30 bits per heavy atom. The highest BCUT2D eigenvalue weighted by Crippen LogP contribution is 2.15. The molecule has 0 saturated carbocycles. The summed E-state index contributed by atoms with van der Waals surface area (Å²) >= 11 is 0. The first-order valence-electron chi connectivity index (χ1n) is 5.79. The van der Waals surface area contributed by atoms with Gasteiger partial charge in [0.15, 0.2) is 6.61 Å². The Morgan fingerprint density at radius 2 is 1.75 bits per heavy atom. The summed E-state index contributed by atoms with van der Waals surface area (Å²) in [5.74, 6) is -0.899. The third kappa shape index (κ3) is 5.83. The molecule has 0 unspecified atom stereocenters. The molecule has 1 aromatic rings. The highest BCUT2D eigenvalue weighted by Gasteiger charge is 2.05. The van der Waals surface area contributed by atoms with Crippen molar-refractivity contribution in [1.82, 2.24) is 5.32 Å². The minimum atomic E-state index is -0.571. The van der Waals surface area contributed by atoms with Crippen LogP contribution < -0.4 is 26.8 Å². The van der Waals surface area contributed by atoms with Gasteiger partial charge in [0.05, 0.1) is 13.1 Å². The van der Waals surface area contributed by atoms with Crippen LogP contribution in [0.25, 0.3) is 0 Å². The average molecular weight is 280 g/mol. The number of nitrogens with one attached hydrogen (secondary N) is 2. The third-order valence-electron chi connectivity index (χ3n) is 2.15. The minimum absolute atomic E-state index is 0.157. The van der Waals surface area contributed by atoms with Crippen LogP contribution in [0.1, 0.15) is 0 Å². The summed E-state index contributed by atoms with van der Waals surface area (Å²) in [5.41, 5.74) is 10.6. The number of hydrogen-bond acceptors (Lipinski definition) is 5. The van der Waals surface area contributed by atoms with Crippen LogP contribution in [0, 0.1) is 0 Å². The zero-order valence-corrected chi connectivity index (χ0v) is 10.7. The molecule has 1 aromatic carbocycles. The van der Waals surface area contributed by atoms with Crippen LogP contribution in [0.2, 0.25) is 0 Å². The van der Waals surface area contributed by atoms with Crippen LogP contribution in [0.5, 0.6) is 5.75 Å². The molecule has 8 heteroatoms. The molecule has 0 spiro atoms. The average Bonchev–Trinajstić information content (AvgIpc) is 2.44. The van der Waals surface area contributed by atoms with Crippen LogP contribution in [-0.4, -0.2) is 37.4 Å². The van der Waals surface area contributed by atoms with Crippen molar-refractivity contribution in [2.24, 2.45) is 11.5 Å². The van der Waals surface area contributed by atoms with E-state index >= 15 is 0 Å². The van der Waals surface area contributed by atoms with Crippen LogP contribution in [-0.2, 0) is 14.4 Å². The van der Waals surface area contributed by atoms with Gasteiger partial charge in [0, 0.05) is 5.69 Å². The molecule has 108 valence electrons. The van der Waals surface area contributed by atoms with E-state index in [0.29, 0.717) is 11.4 Å². The lowest BCUT2D eigenvalue weighted by atomic mass is 10.3. The number of amides is 3. The highest BCUT2D eigenvalue weighted by molar-refractivity contribution is 5.94. The number of nitrogens with two attached hydrogens (primary N) is 2. The monoisotopic (exact) mass is 280 g/mol. The summed E-state index contributed by atoms with van der Waals surface area (Å²) in [6.45, 7) is -0.536. The molecule has 8 nitrogen and oxygen atoms in total. The lowest BCUT2D eigenvalue weighted by molar-refractivity contribution is -0.123. The standard InChI is InChI=1S/C12H16N4O4/c13-5-11(18)15-6-12(19)16-8-1-3-9(4-2-8)20-7-10(14)17/h1-4H,5-7,13H2,(H2,14,17)(H,15,18)(H,16,19). The molecule has 0 heterocycles. The number of carbonyl (C=O) groups excluding carboxylic acids is 3. The molecule has 1 rings (SSSR count). The minimum Gasteiger partial charge on any atom is -0.484 e. The zero-order valence-electron chi connectivity index (χ0n) is 10.7. The normalized spacial score (nSPS) is 9.65. The van der Waals surface area contributed by atoms with E-state index in [2.05, 4.69) is 10.6 Å². The Morgan fingerprint density at radius 1 is 1.10 bits per heavy atom. The molecule has 0 aliphatic rings. The van der Waals surface area contributed by atoms with Crippen molar-refractivity contribution in [3.63, 3.8) is 0 Å². The first-order chi connectivity index (χ1) is 9.51. The van der Waals surface area contributed by atoms with Crippen molar-refractivity contribution < 1.29 is 19.1 Å². The van der Waals surface area contributed by atoms with E-state index in [9.17, 15) is 14.4 Å². The molecule has 0 aliphatic carbocycles. The number of ether oxygens (including phenoxy) is 1. The molecule has 0 aromatic heterocycles. The van der Waals surface area contributed by atoms with Gasteiger partial charge in [-0.1, -0.05) is 0 Å². The Bertz CT molecular complexity index is 487.